The van der Waals surface area contributed by atoms with Crippen LogP contribution in [0.4, 0.5) is 10.1 Å². The Morgan fingerprint density at radius 1 is 1.19 bits per heavy atom. The zero-order valence-electron chi connectivity index (χ0n) is 20.8. The van der Waals surface area contributed by atoms with Crippen LogP contribution in [0.3, 0.4) is 0 Å². The third-order valence-electron chi connectivity index (χ3n) is 5.74. The largest absolute Gasteiger partial charge is 0.481 e. The number of hydrogen-bond donors (Lipinski definition) is 6. The third kappa shape index (κ3) is 7.98. The molecule has 0 saturated carbocycles. The molecule has 0 bridgehead atoms. The van der Waals surface area contributed by atoms with Crippen LogP contribution in [-0.2, 0) is 14.4 Å². The fourth-order valence-corrected chi connectivity index (χ4v) is 3.56. The Kier molecular flexibility index (Phi) is 10.5. The number of carboxylic acid groups (broad SMARTS) is 2. The predicted octanol–water partition coefficient (Wildman–Crippen LogP) is 1.93. The van der Waals surface area contributed by atoms with E-state index in [4.69, 9.17) is 15.3 Å². The van der Waals surface area contributed by atoms with Gasteiger partial charge in [-0.05, 0) is 49.9 Å². The lowest BCUT2D eigenvalue weighted by Gasteiger charge is -2.17. The number of benzene rings is 1. The molecule has 200 valence electrons. The van der Waals surface area contributed by atoms with Gasteiger partial charge in [0.2, 0.25) is 0 Å². The second-order valence-corrected chi connectivity index (χ2v) is 8.18. The number of rotatable bonds is 10. The van der Waals surface area contributed by atoms with E-state index >= 15 is 0 Å². The molecule has 1 atom stereocenters. The first-order valence-corrected chi connectivity index (χ1v) is 11.6. The molecule has 1 aromatic heterocycles. The van der Waals surface area contributed by atoms with Crippen molar-refractivity contribution < 1.29 is 38.9 Å². The number of carbonyl (C=O) groups excluding carboxylic acids is 2. The van der Waals surface area contributed by atoms with E-state index in [2.05, 4.69) is 34.4 Å². The molecule has 6 N–H and O–H groups in total. The molecule has 2 aromatic rings. The molecule has 1 aliphatic rings. The summed E-state index contributed by atoms with van der Waals surface area (Å²) in [5.74, 6) is -3.70. The van der Waals surface area contributed by atoms with Gasteiger partial charge < -0.3 is 35.8 Å². The lowest BCUT2D eigenvalue weighted by Crippen LogP contribution is -2.34. The summed E-state index contributed by atoms with van der Waals surface area (Å²) in [6, 6.07) is 4.18. The molecular weight excluding hydrogens is 487 g/mol. The van der Waals surface area contributed by atoms with Crippen LogP contribution in [-0.4, -0.2) is 81.2 Å². The lowest BCUT2D eigenvalue weighted by molar-refractivity contribution is -0.152. The van der Waals surface area contributed by atoms with Gasteiger partial charge in [0.25, 0.3) is 11.8 Å². The van der Waals surface area contributed by atoms with Crippen molar-refractivity contribution in [3.8, 4) is 0 Å². The number of H-pyrrole nitrogens is 1. The van der Waals surface area contributed by atoms with Gasteiger partial charge in [0.15, 0.2) is 6.10 Å². The maximum absolute atomic E-state index is 13.6. The topological polar surface area (TPSA) is 172 Å². The van der Waals surface area contributed by atoms with Gasteiger partial charge in [-0.15, -0.1) is 0 Å². The number of aromatic nitrogens is 1. The smallest absolute Gasteiger partial charge is 0.333 e. The quantitative estimate of drug-likeness (QED) is 0.259. The zero-order valence-corrected chi connectivity index (χ0v) is 20.8. The molecular formula is C25H31FN4O7. The van der Waals surface area contributed by atoms with Crippen molar-refractivity contribution >= 4 is 41.1 Å². The van der Waals surface area contributed by atoms with Gasteiger partial charge in [-0.1, -0.05) is 13.8 Å². The van der Waals surface area contributed by atoms with Crippen LogP contribution < -0.4 is 10.6 Å². The van der Waals surface area contributed by atoms with Crippen molar-refractivity contribution in [2.75, 3.05) is 31.5 Å². The van der Waals surface area contributed by atoms with Crippen molar-refractivity contribution in [3.63, 3.8) is 0 Å². The van der Waals surface area contributed by atoms with Gasteiger partial charge in [-0.3, -0.25) is 14.4 Å². The Bertz CT molecular complexity index is 1190. The maximum atomic E-state index is 13.6. The highest BCUT2D eigenvalue weighted by Crippen LogP contribution is 2.34. The van der Waals surface area contributed by atoms with Crippen molar-refractivity contribution in [2.45, 2.75) is 33.3 Å². The number of halogens is 1. The second kappa shape index (κ2) is 13.3. The average Bonchev–Trinajstić information content (AvgIpc) is 3.35. The summed E-state index contributed by atoms with van der Waals surface area (Å²) in [5.41, 5.74) is 3.39. The van der Waals surface area contributed by atoms with Crippen LogP contribution in [0.1, 0.15) is 47.4 Å². The predicted molar refractivity (Wildman–Crippen MR) is 134 cm³/mol. The number of carbonyl (C=O) groups is 4. The summed E-state index contributed by atoms with van der Waals surface area (Å²) in [7, 11) is 0. The molecule has 0 unspecified atom stereocenters. The van der Waals surface area contributed by atoms with Crippen LogP contribution in [0.15, 0.2) is 24.4 Å². The minimum Gasteiger partial charge on any atom is -0.481 e. The van der Waals surface area contributed by atoms with Gasteiger partial charge in [0.05, 0.1) is 17.6 Å². The van der Waals surface area contributed by atoms with E-state index in [1.54, 1.807) is 18.3 Å². The zero-order chi connectivity index (χ0) is 27.7. The number of aliphatic carboxylic acids is 2. The molecule has 0 radical (unpaired) electrons. The standard InChI is InChI=1S/C21H25FN4O2.C4H6O5/c1-4-26(5-2)9-8-23-20(27)17-12-24-19(13(17)3)11-16-15-10-14(22)6-7-18(15)25-21(16)28;5-2(4(8)9)1-3(6)7/h6-7,10-12,24H,4-5,8-9H2,1-3H3,(H,23,27)(H,25,28);2,5H,1H2,(H,6,7)(H,8,9)/b16-11-;/t;2-/m.0/s1. The Morgan fingerprint density at radius 2 is 1.86 bits per heavy atom. The van der Waals surface area contributed by atoms with E-state index in [0.717, 1.165) is 25.2 Å². The molecule has 1 aliphatic heterocycles. The summed E-state index contributed by atoms with van der Waals surface area (Å²) < 4.78 is 13.6. The van der Waals surface area contributed by atoms with E-state index in [-0.39, 0.29) is 11.8 Å². The third-order valence-corrected chi connectivity index (χ3v) is 5.74. The summed E-state index contributed by atoms with van der Waals surface area (Å²) in [4.78, 5) is 49.4. The number of amides is 2. The van der Waals surface area contributed by atoms with E-state index in [1.807, 2.05) is 6.92 Å². The second-order valence-electron chi connectivity index (χ2n) is 8.18. The van der Waals surface area contributed by atoms with Crippen molar-refractivity contribution in [1.29, 1.82) is 0 Å². The number of aliphatic hydroxyl groups is 1. The van der Waals surface area contributed by atoms with Crippen LogP contribution >= 0.6 is 0 Å². The number of nitrogens with one attached hydrogen (secondary N) is 3. The fourth-order valence-electron chi connectivity index (χ4n) is 3.56. The lowest BCUT2D eigenvalue weighted by atomic mass is 10.0. The SMILES string of the molecule is CCN(CC)CCNC(=O)c1c[nH]c(/C=C2\C(=O)Nc3ccc(F)cc32)c1C.O=C(O)C[C@H](O)C(=O)O. The number of fused-ring (bicyclic) bond motifs is 1. The molecule has 1 aromatic carbocycles. The first-order valence-electron chi connectivity index (χ1n) is 11.6. The van der Waals surface area contributed by atoms with Crippen molar-refractivity contribution in [3.05, 3.63) is 52.6 Å². The fraction of sp³-hybridized carbons (Fsp3) is 0.360. The average molecular weight is 519 g/mol. The Hall–Kier alpha value is -4.03. The summed E-state index contributed by atoms with van der Waals surface area (Å²) in [6.45, 7) is 9.24. The first-order chi connectivity index (χ1) is 17.5. The molecule has 37 heavy (non-hydrogen) atoms. The van der Waals surface area contributed by atoms with Gasteiger partial charge in [-0.25, -0.2) is 9.18 Å². The maximum Gasteiger partial charge on any atom is 0.333 e. The number of likely N-dealkylation sites (N-methyl/N-ethyl adjacent to an activating group) is 1. The molecule has 11 nitrogen and oxygen atoms in total. The highest BCUT2D eigenvalue weighted by Gasteiger charge is 2.25. The summed E-state index contributed by atoms with van der Waals surface area (Å²) in [6.07, 6.45) is 0.744. The monoisotopic (exact) mass is 518 g/mol. The van der Waals surface area contributed by atoms with Gasteiger partial charge in [0.1, 0.15) is 5.82 Å². The van der Waals surface area contributed by atoms with Gasteiger partial charge in [0, 0.05) is 36.2 Å². The number of hydrogen-bond acceptors (Lipinski definition) is 6. The van der Waals surface area contributed by atoms with E-state index < -0.39 is 30.3 Å². The van der Waals surface area contributed by atoms with E-state index in [9.17, 15) is 23.6 Å². The minimum atomic E-state index is -1.79. The Balaban J connectivity index is 0.000000458. The summed E-state index contributed by atoms with van der Waals surface area (Å²) >= 11 is 0. The number of nitrogens with zero attached hydrogens (tertiary/aromatic N) is 1. The minimum absolute atomic E-state index is 0.159. The van der Waals surface area contributed by atoms with Crippen LogP contribution in [0.5, 0.6) is 0 Å². The van der Waals surface area contributed by atoms with Crippen LogP contribution in [0, 0.1) is 12.7 Å². The normalized spacial score (nSPS) is 14.0. The summed E-state index contributed by atoms with van der Waals surface area (Å²) in [5, 5.41) is 29.8. The molecule has 0 saturated heterocycles. The van der Waals surface area contributed by atoms with Crippen molar-refractivity contribution in [1.82, 2.24) is 15.2 Å². The molecule has 12 heteroatoms. The molecule has 0 aliphatic carbocycles. The molecule has 0 fully saturated rings. The van der Waals surface area contributed by atoms with Gasteiger partial charge in [-0.2, -0.15) is 0 Å². The highest BCUT2D eigenvalue weighted by molar-refractivity contribution is 6.34. The molecule has 2 amide bonds. The Morgan fingerprint density at radius 3 is 2.43 bits per heavy atom. The number of carboxylic acids is 2. The first kappa shape index (κ1) is 29.2. The van der Waals surface area contributed by atoms with Gasteiger partial charge >= 0.3 is 11.9 Å². The van der Waals surface area contributed by atoms with E-state index in [1.165, 1.54) is 12.1 Å². The van der Waals surface area contributed by atoms with Crippen LogP contribution in [0.25, 0.3) is 11.6 Å². The number of anilines is 1. The Labute approximate surface area is 213 Å². The number of aliphatic hydroxyl groups excluding tert-OH is 1. The highest BCUT2D eigenvalue weighted by atomic mass is 19.1. The van der Waals surface area contributed by atoms with E-state index in [0.29, 0.717) is 34.6 Å². The van der Waals surface area contributed by atoms with Crippen LogP contribution in [0.2, 0.25) is 0 Å². The molecule has 0 spiro atoms. The molecule has 2 heterocycles. The number of aromatic amines is 1. The van der Waals surface area contributed by atoms with Crippen molar-refractivity contribution in [2.24, 2.45) is 0 Å². The molecule has 3 rings (SSSR count).